The van der Waals surface area contributed by atoms with Crippen LogP contribution < -0.4 is 14.8 Å². The molecule has 1 rings (SSSR count). The van der Waals surface area contributed by atoms with Gasteiger partial charge in [0.05, 0.1) is 18.0 Å². The summed E-state index contributed by atoms with van der Waals surface area (Å²) in [5, 5.41) is -0.627. The lowest BCUT2D eigenvalue weighted by Crippen LogP contribution is -2.38. The molecule has 96 valence electrons. The Kier molecular flexibility index (Phi) is 4.36. The second-order valence-corrected chi connectivity index (χ2v) is 6.11. The van der Waals surface area contributed by atoms with E-state index in [0.29, 0.717) is 11.4 Å². The summed E-state index contributed by atoms with van der Waals surface area (Å²) in [5.41, 5.74) is 5.92. The molecular weight excluding hydrogens is 240 g/mol. The predicted molar refractivity (Wildman–Crippen MR) is 68.8 cm³/mol. The molecule has 0 fully saturated rings. The van der Waals surface area contributed by atoms with E-state index in [2.05, 4.69) is 0 Å². The molecular formula is C11H18N2O3S. The number of nitrogens with zero attached hydrogens (tertiary/aromatic N) is 1. The Morgan fingerprint density at radius 2 is 2.00 bits per heavy atom. The maximum absolute atomic E-state index is 12.1. The third-order valence-electron chi connectivity index (χ3n) is 2.65. The molecule has 0 bridgehead atoms. The number of benzene rings is 1. The second-order valence-electron chi connectivity index (χ2n) is 3.73. The quantitative estimate of drug-likeness (QED) is 0.848. The van der Waals surface area contributed by atoms with Gasteiger partial charge in [-0.05, 0) is 19.1 Å². The van der Waals surface area contributed by atoms with E-state index in [1.165, 1.54) is 18.5 Å². The molecule has 5 nitrogen and oxygen atoms in total. The fraction of sp³-hybridized carbons (Fsp3) is 0.455. The third kappa shape index (κ3) is 2.70. The molecule has 2 N–H and O–H groups in total. The average Bonchev–Trinajstić information content (AvgIpc) is 2.36. The van der Waals surface area contributed by atoms with Crippen LogP contribution in [0.1, 0.15) is 6.92 Å². The molecule has 0 heterocycles. The zero-order chi connectivity index (χ0) is 13.1. The lowest BCUT2D eigenvalue weighted by atomic mass is 10.3. The summed E-state index contributed by atoms with van der Waals surface area (Å²) >= 11 is 0. The van der Waals surface area contributed by atoms with Crippen molar-refractivity contribution in [1.82, 2.24) is 0 Å². The zero-order valence-corrected chi connectivity index (χ0v) is 11.1. The number of methoxy groups -OCH3 is 1. The van der Waals surface area contributed by atoms with Gasteiger partial charge < -0.3 is 10.5 Å². The van der Waals surface area contributed by atoms with E-state index < -0.39 is 15.3 Å². The van der Waals surface area contributed by atoms with Crippen molar-refractivity contribution in [3.63, 3.8) is 0 Å². The fourth-order valence-electron chi connectivity index (χ4n) is 1.42. The zero-order valence-electron chi connectivity index (χ0n) is 10.3. The van der Waals surface area contributed by atoms with E-state index in [9.17, 15) is 8.42 Å². The number of anilines is 1. The molecule has 0 radical (unpaired) electrons. The molecule has 0 amide bonds. The molecule has 0 saturated carbocycles. The summed E-state index contributed by atoms with van der Waals surface area (Å²) in [6.07, 6.45) is 0. The van der Waals surface area contributed by atoms with Crippen LogP contribution in [0.2, 0.25) is 0 Å². The Bertz CT molecular complexity index is 473. The number of ether oxygens (including phenoxy) is 1. The Labute approximate surface area is 102 Å². The molecule has 1 aromatic rings. The smallest absolute Gasteiger partial charge is 0.238 e. The summed E-state index contributed by atoms with van der Waals surface area (Å²) in [7, 11) is -0.441. The van der Waals surface area contributed by atoms with Crippen molar-refractivity contribution in [2.75, 3.05) is 25.0 Å². The van der Waals surface area contributed by atoms with E-state index in [4.69, 9.17) is 10.5 Å². The topological polar surface area (TPSA) is 72.6 Å². The van der Waals surface area contributed by atoms with Crippen LogP contribution in [0.4, 0.5) is 5.69 Å². The first-order valence-corrected chi connectivity index (χ1v) is 6.76. The molecule has 1 atom stereocenters. The lowest BCUT2D eigenvalue weighted by molar-refractivity contribution is 0.415. The van der Waals surface area contributed by atoms with E-state index in [1.54, 1.807) is 31.2 Å². The SMILES string of the molecule is COc1ccccc1N(C)S(=O)(=O)C(C)CN. The standard InChI is InChI=1S/C11H18N2O3S/c1-9(8-12)17(14,15)13(2)10-6-4-5-7-11(10)16-3/h4-7,9H,8,12H2,1-3H3. The van der Waals surface area contributed by atoms with Crippen LogP contribution in [0.15, 0.2) is 24.3 Å². The molecule has 0 aliphatic heterocycles. The van der Waals surface area contributed by atoms with E-state index in [1.807, 2.05) is 0 Å². The maximum Gasteiger partial charge on any atom is 0.238 e. The number of para-hydroxylation sites is 2. The number of hydrogen-bond donors (Lipinski definition) is 1. The summed E-state index contributed by atoms with van der Waals surface area (Å²) in [4.78, 5) is 0. The van der Waals surface area contributed by atoms with Gasteiger partial charge in [0.2, 0.25) is 10.0 Å². The largest absolute Gasteiger partial charge is 0.495 e. The van der Waals surface area contributed by atoms with Crippen LogP contribution in [-0.4, -0.2) is 34.4 Å². The number of nitrogens with two attached hydrogens (primary N) is 1. The monoisotopic (exact) mass is 258 g/mol. The summed E-state index contributed by atoms with van der Waals surface area (Å²) < 4.78 is 30.6. The molecule has 0 aromatic heterocycles. The van der Waals surface area contributed by atoms with Crippen LogP contribution in [0, 0.1) is 0 Å². The third-order valence-corrected chi connectivity index (χ3v) is 4.82. The van der Waals surface area contributed by atoms with Gasteiger partial charge in [-0.3, -0.25) is 4.31 Å². The van der Waals surface area contributed by atoms with E-state index in [0.717, 1.165) is 0 Å². The van der Waals surface area contributed by atoms with Crippen molar-refractivity contribution >= 4 is 15.7 Å². The van der Waals surface area contributed by atoms with Crippen molar-refractivity contribution in [3.8, 4) is 5.75 Å². The Hall–Kier alpha value is -1.27. The van der Waals surface area contributed by atoms with Gasteiger partial charge in [0.1, 0.15) is 5.75 Å². The van der Waals surface area contributed by atoms with Crippen molar-refractivity contribution < 1.29 is 13.2 Å². The minimum atomic E-state index is -3.45. The molecule has 1 unspecified atom stereocenters. The van der Waals surface area contributed by atoms with Gasteiger partial charge in [0.15, 0.2) is 0 Å². The predicted octanol–water partition coefficient (Wildman–Crippen LogP) is 0.808. The minimum Gasteiger partial charge on any atom is -0.495 e. The first kappa shape index (κ1) is 13.8. The summed E-state index contributed by atoms with van der Waals surface area (Å²) in [6.45, 7) is 1.67. The van der Waals surface area contributed by atoms with Crippen LogP contribution in [-0.2, 0) is 10.0 Å². The highest BCUT2D eigenvalue weighted by Crippen LogP contribution is 2.29. The van der Waals surface area contributed by atoms with Crippen LogP contribution >= 0.6 is 0 Å². The van der Waals surface area contributed by atoms with Gasteiger partial charge in [0.25, 0.3) is 0 Å². The number of rotatable bonds is 5. The first-order chi connectivity index (χ1) is 7.95. The molecule has 17 heavy (non-hydrogen) atoms. The van der Waals surface area contributed by atoms with Gasteiger partial charge in [-0.15, -0.1) is 0 Å². The Morgan fingerprint density at radius 1 is 1.41 bits per heavy atom. The summed E-state index contributed by atoms with van der Waals surface area (Å²) in [6, 6.07) is 6.96. The molecule has 0 saturated heterocycles. The van der Waals surface area contributed by atoms with E-state index in [-0.39, 0.29) is 6.54 Å². The minimum absolute atomic E-state index is 0.0851. The first-order valence-electron chi connectivity index (χ1n) is 5.26. The van der Waals surface area contributed by atoms with E-state index >= 15 is 0 Å². The molecule has 0 aliphatic carbocycles. The van der Waals surface area contributed by atoms with Gasteiger partial charge in [-0.25, -0.2) is 8.42 Å². The molecule has 1 aromatic carbocycles. The second kappa shape index (κ2) is 5.37. The van der Waals surface area contributed by atoms with Crippen molar-refractivity contribution in [1.29, 1.82) is 0 Å². The van der Waals surface area contributed by atoms with Crippen LogP contribution in [0.5, 0.6) is 5.75 Å². The normalized spacial score (nSPS) is 13.2. The Morgan fingerprint density at radius 3 is 2.53 bits per heavy atom. The number of sulfonamides is 1. The van der Waals surface area contributed by atoms with Gasteiger partial charge in [0, 0.05) is 13.6 Å². The highest BCUT2D eigenvalue weighted by atomic mass is 32.2. The van der Waals surface area contributed by atoms with Gasteiger partial charge in [-0.1, -0.05) is 12.1 Å². The molecule has 6 heteroatoms. The average molecular weight is 258 g/mol. The van der Waals surface area contributed by atoms with Crippen LogP contribution in [0.3, 0.4) is 0 Å². The Balaban J connectivity index is 3.16. The maximum atomic E-state index is 12.1. The van der Waals surface area contributed by atoms with Crippen molar-refractivity contribution in [2.45, 2.75) is 12.2 Å². The van der Waals surface area contributed by atoms with Crippen molar-refractivity contribution in [3.05, 3.63) is 24.3 Å². The van der Waals surface area contributed by atoms with Crippen molar-refractivity contribution in [2.24, 2.45) is 5.73 Å². The van der Waals surface area contributed by atoms with Crippen LogP contribution in [0.25, 0.3) is 0 Å². The van der Waals surface area contributed by atoms with Gasteiger partial charge in [-0.2, -0.15) is 0 Å². The summed E-state index contributed by atoms with van der Waals surface area (Å²) in [5.74, 6) is 0.516. The molecule has 0 spiro atoms. The fourth-order valence-corrected chi connectivity index (χ4v) is 2.63. The highest BCUT2D eigenvalue weighted by Gasteiger charge is 2.26. The molecule has 0 aliphatic rings. The highest BCUT2D eigenvalue weighted by molar-refractivity contribution is 7.93. The lowest BCUT2D eigenvalue weighted by Gasteiger charge is -2.24. The number of hydrogen-bond acceptors (Lipinski definition) is 4. The van der Waals surface area contributed by atoms with Gasteiger partial charge >= 0.3 is 0 Å².